The Kier molecular flexibility index (Phi) is 1.87. The number of hydrogen-bond acceptors (Lipinski definition) is 3. The highest BCUT2D eigenvalue weighted by Gasteiger charge is 2.13. The molecule has 0 N–H and O–H groups in total. The molecule has 0 amide bonds. The molecule has 0 bridgehead atoms. The summed E-state index contributed by atoms with van der Waals surface area (Å²) in [6, 6.07) is 5.60. The fraction of sp³-hybridized carbons (Fsp3) is 0.222. The molecule has 0 fully saturated rings. The molecule has 63 valence electrons. The molecular formula is C9H9O3. The van der Waals surface area contributed by atoms with Crippen LogP contribution in [0.4, 0.5) is 0 Å². The SMILES string of the molecule is [CH2]COc1ccc2c(c1)OOC2. The standard InChI is InChI=1S/C9H9O3/c1-2-10-8-4-3-7-6-11-12-9(7)5-8/h3-5H,1-2,6H2. The Morgan fingerprint density at radius 3 is 3.25 bits per heavy atom. The first-order valence-corrected chi connectivity index (χ1v) is 3.74. The van der Waals surface area contributed by atoms with Crippen molar-refractivity contribution in [3.05, 3.63) is 30.7 Å². The Balaban J connectivity index is 2.26. The van der Waals surface area contributed by atoms with Gasteiger partial charge in [0, 0.05) is 11.6 Å². The minimum absolute atomic E-state index is 0.416. The van der Waals surface area contributed by atoms with Crippen LogP contribution in [0.25, 0.3) is 0 Å². The van der Waals surface area contributed by atoms with E-state index < -0.39 is 0 Å². The van der Waals surface area contributed by atoms with Gasteiger partial charge in [0.2, 0.25) is 0 Å². The predicted octanol–water partition coefficient (Wildman–Crippen LogP) is 1.72. The Morgan fingerprint density at radius 1 is 1.50 bits per heavy atom. The predicted molar refractivity (Wildman–Crippen MR) is 42.7 cm³/mol. The van der Waals surface area contributed by atoms with Crippen molar-refractivity contribution < 1.29 is 14.5 Å². The fourth-order valence-electron chi connectivity index (χ4n) is 1.10. The molecule has 3 heteroatoms. The highest BCUT2D eigenvalue weighted by Crippen LogP contribution is 2.29. The summed E-state index contributed by atoms with van der Waals surface area (Å²) in [4.78, 5) is 9.66. The van der Waals surface area contributed by atoms with E-state index in [0.29, 0.717) is 13.2 Å². The molecule has 3 nitrogen and oxygen atoms in total. The number of fused-ring (bicyclic) bond motifs is 1. The first-order valence-electron chi connectivity index (χ1n) is 3.74. The number of rotatable bonds is 2. The van der Waals surface area contributed by atoms with Crippen molar-refractivity contribution in [2.45, 2.75) is 6.61 Å². The van der Waals surface area contributed by atoms with Gasteiger partial charge in [-0.15, -0.1) is 0 Å². The van der Waals surface area contributed by atoms with E-state index in [2.05, 4.69) is 6.92 Å². The second kappa shape index (κ2) is 3.03. The Labute approximate surface area is 70.8 Å². The minimum Gasteiger partial charge on any atom is -0.493 e. The molecule has 0 saturated carbocycles. The van der Waals surface area contributed by atoms with Gasteiger partial charge in [-0.05, 0) is 19.1 Å². The zero-order chi connectivity index (χ0) is 8.39. The topological polar surface area (TPSA) is 27.7 Å². The van der Waals surface area contributed by atoms with Gasteiger partial charge in [0.1, 0.15) is 12.4 Å². The van der Waals surface area contributed by atoms with Gasteiger partial charge in [0.05, 0.1) is 6.61 Å². The third-order valence-corrected chi connectivity index (χ3v) is 1.67. The van der Waals surface area contributed by atoms with Crippen molar-refractivity contribution >= 4 is 0 Å². The summed E-state index contributed by atoms with van der Waals surface area (Å²) in [6.45, 7) is 4.51. The minimum atomic E-state index is 0.416. The highest BCUT2D eigenvalue weighted by atomic mass is 17.2. The van der Waals surface area contributed by atoms with Crippen LogP contribution < -0.4 is 9.62 Å². The van der Waals surface area contributed by atoms with Crippen LogP contribution in [0.1, 0.15) is 5.56 Å². The molecule has 12 heavy (non-hydrogen) atoms. The van der Waals surface area contributed by atoms with Crippen LogP contribution in [0, 0.1) is 6.92 Å². The summed E-state index contributed by atoms with van der Waals surface area (Å²) in [6.07, 6.45) is 0. The van der Waals surface area contributed by atoms with Crippen molar-refractivity contribution in [2.24, 2.45) is 0 Å². The van der Waals surface area contributed by atoms with Crippen molar-refractivity contribution in [3.8, 4) is 11.5 Å². The van der Waals surface area contributed by atoms with Crippen molar-refractivity contribution in [1.82, 2.24) is 0 Å². The molecule has 1 radical (unpaired) electrons. The average molecular weight is 165 g/mol. The second-order valence-electron chi connectivity index (χ2n) is 2.46. The van der Waals surface area contributed by atoms with Crippen LogP contribution in [0.2, 0.25) is 0 Å². The summed E-state index contributed by atoms with van der Waals surface area (Å²) < 4.78 is 5.18. The molecule has 0 atom stereocenters. The molecule has 0 spiro atoms. The van der Waals surface area contributed by atoms with Gasteiger partial charge >= 0.3 is 0 Å². The average Bonchev–Trinajstić information content (AvgIpc) is 2.51. The smallest absolute Gasteiger partial charge is 0.174 e. The maximum atomic E-state index is 5.18. The zero-order valence-corrected chi connectivity index (χ0v) is 6.58. The number of hydrogen-bond donors (Lipinski definition) is 0. The maximum absolute atomic E-state index is 5.18. The summed E-state index contributed by atoms with van der Waals surface area (Å²) in [5.41, 5.74) is 1.05. The van der Waals surface area contributed by atoms with Gasteiger partial charge in [0.15, 0.2) is 5.75 Å². The molecule has 1 aliphatic heterocycles. The quantitative estimate of drug-likeness (QED) is 0.624. The molecule has 0 unspecified atom stereocenters. The summed E-state index contributed by atoms with van der Waals surface area (Å²) in [7, 11) is 0. The van der Waals surface area contributed by atoms with Gasteiger partial charge in [-0.2, -0.15) is 4.89 Å². The Hall–Kier alpha value is -1.22. The van der Waals surface area contributed by atoms with Crippen LogP contribution in [0.3, 0.4) is 0 Å². The van der Waals surface area contributed by atoms with Gasteiger partial charge in [-0.3, -0.25) is 0 Å². The van der Waals surface area contributed by atoms with E-state index in [1.54, 1.807) is 6.07 Å². The number of ether oxygens (including phenoxy) is 1. The summed E-state index contributed by atoms with van der Waals surface area (Å²) in [5, 5.41) is 0. The lowest BCUT2D eigenvalue weighted by molar-refractivity contribution is -0.194. The van der Waals surface area contributed by atoms with E-state index in [9.17, 15) is 0 Å². The van der Waals surface area contributed by atoms with Crippen LogP contribution in [-0.2, 0) is 11.5 Å². The monoisotopic (exact) mass is 165 g/mol. The van der Waals surface area contributed by atoms with Gasteiger partial charge in [0.25, 0.3) is 0 Å². The molecule has 0 saturated heterocycles. The maximum Gasteiger partial charge on any atom is 0.174 e. The van der Waals surface area contributed by atoms with Gasteiger partial charge in [-0.1, -0.05) is 0 Å². The third kappa shape index (κ3) is 1.23. The Morgan fingerprint density at radius 2 is 2.42 bits per heavy atom. The number of benzene rings is 1. The largest absolute Gasteiger partial charge is 0.493 e. The molecule has 2 rings (SSSR count). The zero-order valence-electron chi connectivity index (χ0n) is 6.58. The molecule has 1 aromatic rings. The van der Waals surface area contributed by atoms with E-state index in [1.807, 2.05) is 12.1 Å². The van der Waals surface area contributed by atoms with E-state index in [1.165, 1.54) is 0 Å². The first-order chi connectivity index (χ1) is 5.90. The van der Waals surface area contributed by atoms with Crippen LogP contribution in [-0.4, -0.2) is 6.61 Å². The molecular weight excluding hydrogens is 156 g/mol. The lowest BCUT2D eigenvalue weighted by Crippen LogP contribution is -1.91. The lowest BCUT2D eigenvalue weighted by atomic mass is 10.2. The van der Waals surface area contributed by atoms with E-state index in [-0.39, 0.29) is 0 Å². The van der Waals surface area contributed by atoms with Crippen LogP contribution in [0.15, 0.2) is 18.2 Å². The second-order valence-corrected chi connectivity index (χ2v) is 2.46. The van der Waals surface area contributed by atoms with Gasteiger partial charge in [-0.25, -0.2) is 0 Å². The normalized spacial score (nSPS) is 13.8. The fourth-order valence-corrected chi connectivity index (χ4v) is 1.10. The molecule has 1 aliphatic rings. The van der Waals surface area contributed by atoms with Crippen LogP contribution >= 0.6 is 0 Å². The lowest BCUT2D eigenvalue weighted by Gasteiger charge is -2.02. The summed E-state index contributed by atoms with van der Waals surface area (Å²) in [5.74, 6) is 1.50. The van der Waals surface area contributed by atoms with Crippen molar-refractivity contribution in [2.75, 3.05) is 6.61 Å². The van der Waals surface area contributed by atoms with Crippen LogP contribution in [0.5, 0.6) is 11.5 Å². The molecule has 0 aliphatic carbocycles. The van der Waals surface area contributed by atoms with Gasteiger partial charge < -0.3 is 9.62 Å². The first kappa shape index (κ1) is 7.43. The summed E-state index contributed by atoms with van der Waals surface area (Å²) >= 11 is 0. The van der Waals surface area contributed by atoms with Crippen molar-refractivity contribution in [1.29, 1.82) is 0 Å². The van der Waals surface area contributed by atoms with E-state index in [4.69, 9.17) is 14.5 Å². The van der Waals surface area contributed by atoms with Crippen molar-refractivity contribution in [3.63, 3.8) is 0 Å². The molecule has 1 aromatic carbocycles. The highest BCUT2D eigenvalue weighted by molar-refractivity contribution is 5.41. The van der Waals surface area contributed by atoms with E-state index in [0.717, 1.165) is 17.1 Å². The third-order valence-electron chi connectivity index (χ3n) is 1.67. The Bertz CT molecular complexity index is 283. The molecule has 0 aromatic heterocycles. The van der Waals surface area contributed by atoms with E-state index >= 15 is 0 Å². The molecule has 1 heterocycles.